The Kier molecular flexibility index (Phi) is 21.3. The van der Waals surface area contributed by atoms with Crippen molar-refractivity contribution in [1.29, 1.82) is 0 Å². The molecule has 17 aromatic rings. The second-order valence-electron chi connectivity index (χ2n) is 34.9. The van der Waals surface area contributed by atoms with Crippen molar-refractivity contribution in [2.75, 3.05) is 167 Å². The summed E-state index contributed by atoms with van der Waals surface area (Å²) in [4.78, 5) is 41.5. The van der Waals surface area contributed by atoms with E-state index in [2.05, 4.69) is 506 Å². The molecule has 0 N–H and O–H groups in total. The molecule has 2 heterocycles. The van der Waals surface area contributed by atoms with Crippen LogP contribution in [-0.2, 0) is 0 Å². The topological polar surface area (TPSA) is 65.8 Å². The van der Waals surface area contributed by atoms with Gasteiger partial charge in [-0.1, -0.05) is 60.0 Å². The Morgan fingerprint density at radius 1 is 0.188 bits per heavy atom. The lowest BCUT2D eigenvalue weighted by atomic mass is 9.98. The van der Waals surface area contributed by atoms with Crippen molar-refractivity contribution < 1.29 is 4.79 Å². The van der Waals surface area contributed by atoms with Crippen LogP contribution >= 0.6 is 0 Å². The molecule has 15 heteroatoms. The minimum atomic E-state index is 0.0184. The monoisotopic (exact) mass is 1670 g/mol. The molecule has 0 fully saturated rings. The van der Waals surface area contributed by atoms with Crippen LogP contribution in [0.5, 0.6) is 0 Å². The maximum atomic E-state index is 15.1. The number of fused-ring (bicyclic) bond motifs is 9. The van der Waals surface area contributed by atoms with Gasteiger partial charge in [0.2, 0.25) is 0 Å². The van der Waals surface area contributed by atoms with E-state index >= 15 is 4.79 Å². The standard InChI is InChI=1S/C113H104N14O/c1-114(2)79-27-43-87(44-28-79)122(88-45-29-80(30-46-88)115(3)4)97-59-65-109-103(71-97)104-72-98(123(89-47-31-81(32-48-89)116(5)6)90-49-33-82(34-50-90)117(7)8)60-66-110(104)126(109)95-23-17-75(18-24-95)77-21-63-101-102-64-22-78(70-108(102)113(128)107(101)69-77)76-19-25-96(26-20-76)127-111-67-61-99(124(91-51-35-83(36-52-91)118(9)10)92-53-37-84(38-54-92)119(11)12)73-105(111)106-74-100(62-68-112(106)127)125(93-55-39-85(40-56-93)120(13)14)94-57-41-86(42-58-94)121(15)16/h17-41,43-56,58-74H,1-16H3. The van der Waals surface area contributed by atoms with Gasteiger partial charge >= 0.3 is 0 Å². The molecule has 0 spiro atoms. The molecule has 2 aliphatic carbocycles. The van der Waals surface area contributed by atoms with Crippen LogP contribution in [0.1, 0.15) is 15.9 Å². The predicted molar refractivity (Wildman–Crippen MR) is 545 cm³/mol. The summed E-state index contributed by atoms with van der Waals surface area (Å²) < 4.78 is 4.78. The van der Waals surface area contributed by atoms with Crippen LogP contribution in [0, 0.1) is 0 Å². The van der Waals surface area contributed by atoms with E-state index < -0.39 is 0 Å². The third kappa shape index (κ3) is 15.2. The molecular weight excluding hydrogens is 1570 g/mol. The van der Waals surface area contributed by atoms with Crippen LogP contribution in [0.15, 0.2) is 363 Å². The molecule has 128 heavy (non-hydrogen) atoms. The molecule has 0 saturated heterocycles. The zero-order valence-electron chi connectivity index (χ0n) is 75.5. The highest BCUT2D eigenvalue weighted by atomic mass is 16.1. The number of aromatic nitrogens is 2. The molecule has 2 aromatic heterocycles. The SMILES string of the molecule is CN(C)C1=C=CC(N(c2ccc(N(C)C)cc2)c2ccc3c(c2)c2cc(N(c4ccc(N(C)C)cc4)c4ccc(N(C)C)cc4)ccc2n3-c2ccc(-c3ccc4c(c3)C(=O)c3cc(-c5ccc(-n6c7ccc(N(c8ccc(N(C)C)cc8)c8ccc(N(C)C)cc8)cc7c7cc(N(c8ccc(N(C)C)cc8)c8ccc(N(C)C)cc8)ccc76)cc5)ccc3-4)cc2)=C=C1. The van der Waals surface area contributed by atoms with Gasteiger partial charge in [0.05, 0.1) is 33.5 Å². The number of rotatable bonds is 24. The van der Waals surface area contributed by atoms with E-state index in [4.69, 9.17) is 0 Å². The van der Waals surface area contributed by atoms with E-state index in [0.29, 0.717) is 11.1 Å². The summed E-state index contributed by atoms with van der Waals surface area (Å²) in [6, 6.07) is 119. The lowest BCUT2D eigenvalue weighted by molar-refractivity contribution is 0.104. The molecule has 0 saturated carbocycles. The number of carbonyl (C=O) groups excluding carboxylic acids is 1. The van der Waals surface area contributed by atoms with Gasteiger partial charge < -0.3 is 67.9 Å². The van der Waals surface area contributed by atoms with Crippen LogP contribution in [0.3, 0.4) is 0 Å². The van der Waals surface area contributed by atoms with Gasteiger partial charge in [0.25, 0.3) is 0 Å². The first-order chi connectivity index (χ1) is 61.9. The van der Waals surface area contributed by atoms with E-state index in [9.17, 15) is 0 Å². The van der Waals surface area contributed by atoms with Crippen LogP contribution in [0.25, 0.3) is 88.4 Å². The summed E-state index contributed by atoms with van der Waals surface area (Å²) in [5.41, 5.74) is 41.7. The first-order valence-corrected chi connectivity index (χ1v) is 43.4. The van der Waals surface area contributed by atoms with Gasteiger partial charge in [-0.3, -0.25) is 4.79 Å². The van der Waals surface area contributed by atoms with E-state index in [-0.39, 0.29) is 5.78 Å². The van der Waals surface area contributed by atoms with Gasteiger partial charge in [-0.05, 0) is 312 Å². The van der Waals surface area contributed by atoms with Crippen molar-refractivity contribution >= 4 is 152 Å². The minimum absolute atomic E-state index is 0.0184. The summed E-state index contributed by atoms with van der Waals surface area (Å²) in [6.45, 7) is 0. The van der Waals surface area contributed by atoms with Crippen molar-refractivity contribution in [3.8, 4) is 44.8 Å². The fourth-order valence-electron chi connectivity index (χ4n) is 18.0. The third-order valence-electron chi connectivity index (χ3n) is 25.0. The Balaban J connectivity index is 0.666. The molecule has 632 valence electrons. The maximum Gasteiger partial charge on any atom is 0.194 e. The summed E-state index contributed by atoms with van der Waals surface area (Å²) in [6.07, 6.45) is 4.04. The van der Waals surface area contributed by atoms with E-state index in [1.807, 2.05) is 26.2 Å². The van der Waals surface area contributed by atoms with Gasteiger partial charge in [0, 0.05) is 271 Å². The summed E-state index contributed by atoms with van der Waals surface area (Å²) in [5.74, 6) is 0.0184. The Morgan fingerprint density at radius 3 is 0.633 bits per heavy atom. The van der Waals surface area contributed by atoms with Crippen LogP contribution in [0.2, 0.25) is 0 Å². The summed E-state index contributed by atoms with van der Waals surface area (Å²) in [5, 5.41) is 4.39. The van der Waals surface area contributed by atoms with Crippen LogP contribution in [-0.4, -0.2) is 133 Å². The van der Waals surface area contributed by atoms with Gasteiger partial charge in [-0.15, -0.1) is 0 Å². The summed E-state index contributed by atoms with van der Waals surface area (Å²) in [7, 11) is 33.1. The van der Waals surface area contributed by atoms with Gasteiger partial charge in [0.15, 0.2) is 5.78 Å². The summed E-state index contributed by atoms with van der Waals surface area (Å²) >= 11 is 0. The molecule has 15 aromatic carbocycles. The average Bonchev–Trinajstić information content (AvgIpc) is 1.56. The Bertz CT molecular complexity index is 6930. The smallest absolute Gasteiger partial charge is 0.194 e. The van der Waals surface area contributed by atoms with Crippen molar-refractivity contribution in [1.82, 2.24) is 14.0 Å². The third-order valence-corrected chi connectivity index (χ3v) is 25.0. The quantitative estimate of drug-likeness (QED) is 0.0540. The highest BCUT2D eigenvalue weighted by molar-refractivity contribution is 6.23. The molecule has 0 amide bonds. The predicted octanol–water partition coefficient (Wildman–Crippen LogP) is 26.1. The number of carbonyl (C=O) groups is 1. The zero-order chi connectivity index (χ0) is 88.6. The van der Waals surface area contributed by atoms with Gasteiger partial charge in [0.1, 0.15) is 0 Å². The molecule has 19 rings (SSSR count). The molecule has 0 aliphatic heterocycles. The number of nitrogens with zero attached hydrogens (tertiary/aromatic N) is 14. The number of anilines is 18. The molecule has 2 aliphatic rings. The normalized spacial score (nSPS) is 12.0. The van der Waals surface area contributed by atoms with Gasteiger partial charge in [-0.25, -0.2) is 0 Å². The van der Waals surface area contributed by atoms with Gasteiger partial charge in [-0.2, -0.15) is 0 Å². The highest BCUT2D eigenvalue weighted by Crippen LogP contribution is 2.49. The van der Waals surface area contributed by atoms with E-state index in [1.165, 1.54) is 0 Å². The molecular formula is C113H104N14O. The van der Waals surface area contributed by atoms with Crippen molar-refractivity contribution in [3.05, 3.63) is 374 Å². The van der Waals surface area contributed by atoms with Crippen molar-refractivity contribution in [2.45, 2.75) is 0 Å². The number of hydrogen-bond acceptors (Lipinski definition) is 13. The van der Waals surface area contributed by atoms with Crippen molar-refractivity contribution in [2.24, 2.45) is 0 Å². The number of likely N-dealkylation sites (N-methyl/N-ethyl adjacent to an activating group) is 1. The first-order valence-electron chi connectivity index (χ1n) is 43.4. The first kappa shape index (κ1) is 81.9. The average molecular weight is 1670 g/mol. The molecule has 15 nitrogen and oxygen atoms in total. The second kappa shape index (κ2) is 33.4. The Morgan fingerprint density at radius 2 is 0.398 bits per heavy atom. The Hall–Kier alpha value is -15.8. The minimum Gasteiger partial charge on any atom is -0.378 e. The number of ketones is 1. The second-order valence-corrected chi connectivity index (χ2v) is 34.9. The number of hydrogen-bond donors (Lipinski definition) is 0. The fraction of sp³-hybridized carbons (Fsp3) is 0.142. The lowest BCUT2D eigenvalue weighted by Gasteiger charge is -2.27. The molecule has 0 unspecified atom stereocenters. The molecule has 0 radical (unpaired) electrons. The van der Waals surface area contributed by atoms with Crippen LogP contribution < -0.4 is 53.9 Å². The van der Waals surface area contributed by atoms with Crippen LogP contribution in [0.4, 0.5) is 102 Å². The zero-order valence-corrected chi connectivity index (χ0v) is 75.5. The molecule has 0 bridgehead atoms. The fourth-order valence-corrected chi connectivity index (χ4v) is 18.0. The van der Waals surface area contributed by atoms with E-state index in [1.54, 1.807) is 0 Å². The Labute approximate surface area is 751 Å². The highest BCUT2D eigenvalue weighted by Gasteiger charge is 2.30. The van der Waals surface area contributed by atoms with Crippen molar-refractivity contribution in [3.63, 3.8) is 0 Å². The largest absolute Gasteiger partial charge is 0.378 e. The van der Waals surface area contributed by atoms with E-state index in [0.717, 1.165) is 202 Å². The number of benzene rings is 15. The lowest BCUT2D eigenvalue weighted by Crippen LogP contribution is -2.16. The maximum absolute atomic E-state index is 15.1. The molecule has 0 atom stereocenters.